The lowest BCUT2D eigenvalue weighted by atomic mass is 9.92. The van der Waals surface area contributed by atoms with Crippen LogP contribution in [0.25, 0.3) is 0 Å². The highest BCUT2D eigenvalue weighted by Crippen LogP contribution is 2.22. The molecule has 40 heavy (non-hydrogen) atoms. The van der Waals surface area contributed by atoms with Gasteiger partial charge in [-0.2, -0.15) is 0 Å². The number of benzene rings is 2. The molecule has 2 aromatic carbocycles. The number of carbonyl (C=O) groups is 3. The Morgan fingerprint density at radius 2 is 1.68 bits per heavy atom. The van der Waals surface area contributed by atoms with Gasteiger partial charge >= 0.3 is 5.97 Å². The van der Waals surface area contributed by atoms with Gasteiger partial charge in [-0.25, -0.2) is 4.79 Å². The number of carbonyl (C=O) groups excluding carboxylic acids is 3. The lowest BCUT2D eigenvalue weighted by molar-refractivity contribution is -0.145. The molecule has 0 radical (unpaired) electrons. The van der Waals surface area contributed by atoms with E-state index in [0.717, 1.165) is 35.3 Å². The quantitative estimate of drug-likeness (QED) is 0.345. The molecule has 2 heterocycles. The summed E-state index contributed by atoms with van der Waals surface area (Å²) in [6.45, 7) is 1.76. The zero-order valence-corrected chi connectivity index (χ0v) is 23.0. The number of esters is 1. The molecule has 1 N–H and O–H groups in total. The Labute approximate surface area is 235 Å². The molecule has 1 saturated heterocycles. The summed E-state index contributed by atoms with van der Waals surface area (Å²) in [6.07, 6.45) is 6.80. The van der Waals surface area contributed by atoms with Crippen molar-refractivity contribution in [3.8, 4) is 5.75 Å². The molecule has 1 unspecified atom stereocenters. The Morgan fingerprint density at radius 1 is 0.950 bits per heavy atom. The highest BCUT2D eigenvalue weighted by molar-refractivity contribution is 5.84. The lowest BCUT2D eigenvalue weighted by Crippen LogP contribution is -2.44. The van der Waals surface area contributed by atoms with E-state index in [0.29, 0.717) is 45.4 Å². The first-order valence-electron chi connectivity index (χ1n) is 13.8. The van der Waals surface area contributed by atoms with E-state index in [4.69, 9.17) is 9.47 Å². The Kier molecular flexibility index (Phi) is 10.7. The number of aryl methyl sites for hydroxylation is 1. The molecule has 210 valence electrons. The number of ether oxygens (including phenoxy) is 2. The maximum atomic E-state index is 12.9. The van der Waals surface area contributed by atoms with Crippen LogP contribution in [0.15, 0.2) is 79.1 Å². The van der Waals surface area contributed by atoms with Gasteiger partial charge in [-0.1, -0.05) is 48.5 Å². The molecule has 4 rings (SSSR count). The summed E-state index contributed by atoms with van der Waals surface area (Å²) >= 11 is 0. The van der Waals surface area contributed by atoms with Gasteiger partial charge in [-0.3, -0.25) is 14.6 Å². The minimum atomic E-state index is -0.775. The normalized spacial score (nSPS) is 14.3. The third-order valence-electron chi connectivity index (χ3n) is 7.22. The van der Waals surface area contributed by atoms with Crippen molar-refractivity contribution in [3.63, 3.8) is 0 Å². The first-order valence-corrected chi connectivity index (χ1v) is 13.8. The Morgan fingerprint density at radius 3 is 2.35 bits per heavy atom. The maximum Gasteiger partial charge on any atom is 0.328 e. The third kappa shape index (κ3) is 8.93. The van der Waals surface area contributed by atoms with E-state index < -0.39 is 12.0 Å². The van der Waals surface area contributed by atoms with Crippen molar-refractivity contribution in [1.29, 1.82) is 0 Å². The smallest absolute Gasteiger partial charge is 0.328 e. The van der Waals surface area contributed by atoms with Crippen molar-refractivity contribution in [1.82, 2.24) is 15.2 Å². The number of likely N-dealkylation sites (tertiary alicyclic amines) is 1. The fraction of sp³-hybridized carbons (Fsp3) is 0.375. The zero-order chi connectivity index (χ0) is 28.2. The number of nitrogens with zero attached hydrogens (tertiary/aromatic N) is 2. The largest absolute Gasteiger partial charge is 0.489 e. The number of pyridine rings is 1. The van der Waals surface area contributed by atoms with Crippen molar-refractivity contribution in [2.45, 2.75) is 51.2 Å². The minimum Gasteiger partial charge on any atom is -0.489 e. The number of nitrogens with one attached hydrogen (secondary N) is 1. The number of amides is 2. The summed E-state index contributed by atoms with van der Waals surface area (Å²) in [5, 5.41) is 2.87. The molecule has 1 fully saturated rings. The molecule has 0 bridgehead atoms. The van der Waals surface area contributed by atoms with Crippen LogP contribution < -0.4 is 10.1 Å². The number of hydrogen-bond acceptors (Lipinski definition) is 6. The molecule has 8 nitrogen and oxygen atoms in total. The number of hydrogen-bond donors (Lipinski definition) is 1. The van der Waals surface area contributed by atoms with Crippen LogP contribution in [0.5, 0.6) is 5.75 Å². The summed E-state index contributed by atoms with van der Waals surface area (Å²) in [4.78, 5) is 43.9. The molecular formula is C32H37N3O5. The Hall–Kier alpha value is -4.20. The average molecular weight is 544 g/mol. The van der Waals surface area contributed by atoms with Crippen molar-refractivity contribution in [3.05, 3.63) is 95.8 Å². The summed E-state index contributed by atoms with van der Waals surface area (Å²) in [7, 11) is 1.32. The van der Waals surface area contributed by atoms with E-state index in [1.807, 2.05) is 71.6 Å². The van der Waals surface area contributed by atoms with Gasteiger partial charge in [0.05, 0.1) is 7.11 Å². The maximum absolute atomic E-state index is 12.9. The molecule has 1 atom stereocenters. The van der Waals surface area contributed by atoms with Crippen LogP contribution in [-0.2, 0) is 38.6 Å². The van der Waals surface area contributed by atoms with Crippen LogP contribution in [0.1, 0.15) is 42.4 Å². The van der Waals surface area contributed by atoms with Crippen molar-refractivity contribution < 1.29 is 23.9 Å². The topological polar surface area (TPSA) is 97.8 Å². The second-order valence-corrected chi connectivity index (χ2v) is 10.2. The van der Waals surface area contributed by atoms with E-state index in [1.165, 1.54) is 7.11 Å². The van der Waals surface area contributed by atoms with Crippen LogP contribution in [0, 0.1) is 5.92 Å². The second kappa shape index (κ2) is 14.8. The molecular weight excluding hydrogens is 506 g/mol. The zero-order valence-electron chi connectivity index (χ0n) is 23.0. The van der Waals surface area contributed by atoms with E-state index in [1.54, 1.807) is 12.4 Å². The van der Waals surface area contributed by atoms with Gasteiger partial charge in [0, 0.05) is 44.7 Å². The lowest BCUT2D eigenvalue weighted by Gasteiger charge is -2.32. The molecule has 3 aromatic rings. The third-order valence-corrected chi connectivity index (χ3v) is 7.22. The van der Waals surface area contributed by atoms with Crippen LogP contribution in [0.4, 0.5) is 0 Å². The van der Waals surface area contributed by atoms with E-state index in [2.05, 4.69) is 10.3 Å². The molecule has 8 heteroatoms. The van der Waals surface area contributed by atoms with Gasteiger partial charge in [0.25, 0.3) is 0 Å². The van der Waals surface area contributed by atoms with Gasteiger partial charge in [0.1, 0.15) is 18.4 Å². The summed E-state index contributed by atoms with van der Waals surface area (Å²) in [5.41, 5.74) is 3.02. The van der Waals surface area contributed by atoms with Crippen LogP contribution >= 0.6 is 0 Å². The fourth-order valence-corrected chi connectivity index (χ4v) is 4.89. The average Bonchev–Trinajstić information content (AvgIpc) is 3.00. The van der Waals surface area contributed by atoms with Crippen molar-refractivity contribution in [2.75, 3.05) is 20.2 Å². The second-order valence-electron chi connectivity index (χ2n) is 10.2. The minimum absolute atomic E-state index is 0.133. The monoisotopic (exact) mass is 543 g/mol. The molecule has 2 amide bonds. The van der Waals surface area contributed by atoms with Gasteiger partial charge in [-0.05, 0) is 60.1 Å². The van der Waals surface area contributed by atoms with E-state index >= 15 is 0 Å². The van der Waals surface area contributed by atoms with E-state index in [-0.39, 0.29) is 17.7 Å². The summed E-state index contributed by atoms with van der Waals surface area (Å²) in [5.74, 6) is 0.371. The molecule has 1 aliphatic heterocycles. The molecule has 0 saturated carbocycles. The number of rotatable bonds is 12. The standard InChI is InChI=1S/C32H37N3O5/c1-39-32(38)29(20-24-9-12-28(13-10-24)40-23-27-6-3-2-4-7-27)34-30(36)21-25-15-18-35(19-16-25)31(37)14-11-26-8-5-17-33-22-26/h2-10,12-13,17,22,25,29H,11,14-16,18-21,23H2,1H3,(H,34,36). The summed E-state index contributed by atoms with van der Waals surface area (Å²) < 4.78 is 10.8. The SMILES string of the molecule is COC(=O)C(Cc1ccc(OCc2ccccc2)cc1)NC(=O)CC1CCN(C(=O)CCc2cccnc2)CC1. The Balaban J connectivity index is 1.21. The first kappa shape index (κ1) is 28.8. The summed E-state index contributed by atoms with van der Waals surface area (Å²) in [6, 6.07) is 20.5. The highest BCUT2D eigenvalue weighted by Gasteiger charge is 2.27. The first-order chi connectivity index (χ1) is 19.5. The van der Waals surface area contributed by atoms with Crippen LogP contribution in [-0.4, -0.2) is 53.9 Å². The molecule has 1 aliphatic rings. The predicted molar refractivity (Wildman–Crippen MR) is 151 cm³/mol. The van der Waals surface area contributed by atoms with E-state index in [9.17, 15) is 14.4 Å². The van der Waals surface area contributed by atoms with Crippen LogP contribution in [0.2, 0.25) is 0 Å². The van der Waals surface area contributed by atoms with Gasteiger partial charge in [0.15, 0.2) is 0 Å². The number of aromatic nitrogens is 1. The number of methoxy groups -OCH3 is 1. The van der Waals surface area contributed by atoms with Crippen molar-refractivity contribution >= 4 is 17.8 Å². The predicted octanol–water partition coefficient (Wildman–Crippen LogP) is 4.12. The van der Waals surface area contributed by atoms with Gasteiger partial charge in [-0.15, -0.1) is 0 Å². The highest BCUT2D eigenvalue weighted by atomic mass is 16.5. The van der Waals surface area contributed by atoms with Gasteiger partial charge < -0.3 is 19.7 Å². The van der Waals surface area contributed by atoms with Crippen molar-refractivity contribution in [2.24, 2.45) is 5.92 Å². The molecule has 0 aliphatic carbocycles. The van der Waals surface area contributed by atoms with Crippen LogP contribution in [0.3, 0.4) is 0 Å². The molecule has 0 spiro atoms. The Bertz CT molecular complexity index is 1230. The fourth-order valence-electron chi connectivity index (χ4n) is 4.89. The van der Waals surface area contributed by atoms with Gasteiger partial charge in [0.2, 0.25) is 11.8 Å². The number of piperidine rings is 1. The molecule has 1 aromatic heterocycles.